The molecule has 1 saturated heterocycles. The van der Waals surface area contributed by atoms with Gasteiger partial charge in [0.15, 0.2) is 11.5 Å². The van der Waals surface area contributed by atoms with Crippen LogP contribution in [0, 0.1) is 5.92 Å². The van der Waals surface area contributed by atoms with E-state index >= 15 is 0 Å². The van der Waals surface area contributed by atoms with Crippen LogP contribution >= 0.6 is 24.0 Å². The summed E-state index contributed by atoms with van der Waals surface area (Å²) in [5.41, 5.74) is 0.569. The van der Waals surface area contributed by atoms with Crippen LogP contribution < -0.4 is 14.8 Å². The van der Waals surface area contributed by atoms with Gasteiger partial charge in [0, 0.05) is 18.7 Å². The van der Waals surface area contributed by atoms with Crippen LogP contribution in [0.5, 0.6) is 11.5 Å². The van der Waals surface area contributed by atoms with Crippen LogP contribution in [0.3, 0.4) is 0 Å². The second kappa shape index (κ2) is 8.08. The van der Waals surface area contributed by atoms with Gasteiger partial charge in [-0.15, -0.1) is 12.4 Å². The lowest BCUT2D eigenvalue weighted by Crippen LogP contribution is -2.40. The number of carbonyl (C=O) groups is 1. The van der Waals surface area contributed by atoms with E-state index in [-0.39, 0.29) is 25.1 Å². The van der Waals surface area contributed by atoms with Crippen molar-refractivity contribution >= 4 is 29.9 Å². The first-order valence-corrected chi connectivity index (χ1v) is 8.16. The molecule has 0 aliphatic carbocycles. The van der Waals surface area contributed by atoms with E-state index in [1.54, 1.807) is 12.1 Å². The molecule has 1 amide bonds. The monoisotopic (exact) mass is 360 g/mol. The minimum absolute atomic E-state index is 0. The van der Waals surface area contributed by atoms with Crippen molar-refractivity contribution in [3.05, 3.63) is 22.7 Å². The van der Waals surface area contributed by atoms with Gasteiger partial charge in [-0.1, -0.05) is 18.5 Å². The summed E-state index contributed by atoms with van der Waals surface area (Å²) in [7, 11) is 0. The van der Waals surface area contributed by atoms with E-state index in [2.05, 4.69) is 12.2 Å². The normalized spacial score (nSPS) is 17.0. The molecule has 5 nitrogen and oxygen atoms in total. The maximum Gasteiger partial charge on any atom is 0.254 e. The molecule has 2 aliphatic heterocycles. The van der Waals surface area contributed by atoms with E-state index in [4.69, 9.17) is 21.1 Å². The molecule has 2 heterocycles. The molecule has 1 N–H and O–H groups in total. The topological polar surface area (TPSA) is 50.8 Å². The molecule has 128 valence electrons. The lowest BCUT2D eigenvalue weighted by Gasteiger charge is -2.32. The fraction of sp³-hybridized carbons (Fsp3) is 0.562. The van der Waals surface area contributed by atoms with Crippen molar-refractivity contribution in [2.24, 2.45) is 5.92 Å². The van der Waals surface area contributed by atoms with Gasteiger partial charge in [0.25, 0.3) is 5.91 Å². The fourth-order valence-electron chi connectivity index (χ4n) is 2.96. The third-order valence-electron chi connectivity index (χ3n) is 4.26. The second-order valence-corrected chi connectivity index (χ2v) is 6.14. The van der Waals surface area contributed by atoms with Crippen LogP contribution in [0.4, 0.5) is 0 Å². The minimum atomic E-state index is 0. The van der Waals surface area contributed by atoms with E-state index in [1.165, 1.54) is 0 Å². The van der Waals surface area contributed by atoms with Gasteiger partial charge in [-0.3, -0.25) is 4.79 Å². The largest absolute Gasteiger partial charge is 0.454 e. The van der Waals surface area contributed by atoms with E-state index in [9.17, 15) is 4.79 Å². The number of fused-ring (bicyclic) bond motifs is 1. The molecule has 0 spiro atoms. The van der Waals surface area contributed by atoms with Crippen molar-refractivity contribution in [2.45, 2.75) is 19.8 Å². The Morgan fingerprint density at radius 1 is 1.35 bits per heavy atom. The molecule has 0 aromatic heterocycles. The van der Waals surface area contributed by atoms with Crippen molar-refractivity contribution in [1.29, 1.82) is 0 Å². The van der Waals surface area contributed by atoms with E-state index in [0.717, 1.165) is 39.0 Å². The van der Waals surface area contributed by atoms with Crippen LogP contribution in [0.25, 0.3) is 0 Å². The van der Waals surface area contributed by atoms with Crippen molar-refractivity contribution in [1.82, 2.24) is 10.2 Å². The quantitative estimate of drug-likeness (QED) is 0.896. The maximum atomic E-state index is 12.6. The van der Waals surface area contributed by atoms with Gasteiger partial charge in [0.05, 0.1) is 5.02 Å². The lowest BCUT2D eigenvalue weighted by molar-refractivity contribution is 0.0690. The first-order chi connectivity index (χ1) is 10.7. The average Bonchev–Trinajstić information content (AvgIpc) is 3.02. The number of amides is 1. The van der Waals surface area contributed by atoms with Crippen molar-refractivity contribution < 1.29 is 14.3 Å². The molecule has 0 atom stereocenters. The number of halogens is 2. The number of benzene rings is 1. The highest BCUT2D eigenvalue weighted by molar-refractivity contribution is 6.32. The summed E-state index contributed by atoms with van der Waals surface area (Å²) >= 11 is 6.15. The zero-order chi connectivity index (χ0) is 15.5. The smallest absolute Gasteiger partial charge is 0.254 e. The Bertz CT molecular complexity index is 561. The maximum absolute atomic E-state index is 12.6. The summed E-state index contributed by atoms with van der Waals surface area (Å²) in [5.74, 6) is 1.76. The van der Waals surface area contributed by atoms with E-state index in [1.807, 2.05) is 4.90 Å². The van der Waals surface area contributed by atoms with Crippen molar-refractivity contribution in [3.8, 4) is 11.5 Å². The van der Waals surface area contributed by atoms with Gasteiger partial charge in [-0.25, -0.2) is 0 Å². The molecule has 0 unspecified atom stereocenters. The molecule has 1 aromatic carbocycles. The zero-order valence-electron chi connectivity index (χ0n) is 13.1. The summed E-state index contributed by atoms with van der Waals surface area (Å²) in [5, 5.41) is 3.81. The number of ether oxygens (including phenoxy) is 2. The van der Waals surface area contributed by atoms with Gasteiger partial charge in [-0.05, 0) is 44.0 Å². The summed E-state index contributed by atoms with van der Waals surface area (Å²) in [6.07, 6.45) is 2.08. The number of carbonyl (C=O) groups excluding carboxylic acids is 1. The number of hydrogen-bond acceptors (Lipinski definition) is 4. The highest BCUT2D eigenvalue weighted by atomic mass is 35.5. The number of piperidine rings is 1. The summed E-state index contributed by atoms with van der Waals surface area (Å²) in [6.45, 7) is 5.88. The highest BCUT2D eigenvalue weighted by Gasteiger charge is 2.26. The number of nitrogens with zero attached hydrogens (tertiary/aromatic N) is 1. The van der Waals surface area contributed by atoms with Crippen LogP contribution in [0.2, 0.25) is 5.02 Å². The molecule has 3 rings (SSSR count). The first kappa shape index (κ1) is 18.2. The third-order valence-corrected chi connectivity index (χ3v) is 4.54. The Hall–Kier alpha value is -1.17. The Labute approximate surface area is 147 Å². The average molecular weight is 361 g/mol. The standard InChI is InChI=1S/C16H21ClN2O3.ClH/c1-2-18-9-11-3-5-19(6-4-11)16(20)12-7-13(17)15-14(8-12)21-10-22-15;/h7-8,11,18H,2-6,9-10H2,1H3;1H. The number of likely N-dealkylation sites (tertiary alicyclic amines) is 1. The van der Waals surface area contributed by atoms with Gasteiger partial charge in [-0.2, -0.15) is 0 Å². The molecule has 7 heteroatoms. The van der Waals surface area contributed by atoms with Crippen LogP contribution in [0.1, 0.15) is 30.1 Å². The molecule has 0 bridgehead atoms. The van der Waals surface area contributed by atoms with Crippen LogP contribution in [-0.2, 0) is 0 Å². The lowest BCUT2D eigenvalue weighted by atomic mass is 9.96. The Morgan fingerprint density at radius 2 is 2.09 bits per heavy atom. The zero-order valence-corrected chi connectivity index (χ0v) is 14.7. The SMILES string of the molecule is CCNCC1CCN(C(=O)c2cc(Cl)c3c(c2)OCO3)CC1.Cl. The van der Waals surface area contributed by atoms with Gasteiger partial charge < -0.3 is 19.7 Å². The molecule has 1 aromatic rings. The second-order valence-electron chi connectivity index (χ2n) is 5.74. The van der Waals surface area contributed by atoms with Crippen LogP contribution in [0.15, 0.2) is 12.1 Å². The highest BCUT2D eigenvalue weighted by Crippen LogP contribution is 2.40. The van der Waals surface area contributed by atoms with Gasteiger partial charge >= 0.3 is 0 Å². The van der Waals surface area contributed by atoms with Gasteiger partial charge in [0.1, 0.15) is 0 Å². The van der Waals surface area contributed by atoms with Gasteiger partial charge in [0.2, 0.25) is 6.79 Å². The van der Waals surface area contributed by atoms with Crippen LogP contribution in [-0.4, -0.2) is 43.8 Å². The van der Waals surface area contributed by atoms with E-state index in [0.29, 0.717) is 28.0 Å². The number of nitrogens with one attached hydrogen (secondary N) is 1. The molecule has 0 radical (unpaired) electrons. The molecule has 1 fully saturated rings. The van der Waals surface area contributed by atoms with E-state index < -0.39 is 0 Å². The third kappa shape index (κ3) is 4.03. The summed E-state index contributed by atoms with van der Waals surface area (Å²) < 4.78 is 10.6. The molecular weight excluding hydrogens is 339 g/mol. The minimum Gasteiger partial charge on any atom is -0.454 e. The fourth-order valence-corrected chi connectivity index (χ4v) is 3.23. The Kier molecular flexibility index (Phi) is 6.39. The molecule has 2 aliphatic rings. The molecular formula is C16H22Cl2N2O3. The van der Waals surface area contributed by atoms with Crippen molar-refractivity contribution in [3.63, 3.8) is 0 Å². The molecule has 0 saturated carbocycles. The first-order valence-electron chi connectivity index (χ1n) is 7.78. The number of rotatable bonds is 4. The van der Waals surface area contributed by atoms with Crippen molar-refractivity contribution in [2.75, 3.05) is 33.0 Å². The Balaban J connectivity index is 0.00000192. The Morgan fingerprint density at radius 3 is 2.78 bits per heavy atom. The number of hydrogen-bond donors (Lipinski definition) is 1. The molecule has 23 heavy (non-hydrogen) atoms. The predicted octanol–water partition coefficient (Wildman–Crippen LogP) is 2.95. The predicted molar refractivity (Wildman–Crippen MR) is 92.0 cm³/mol. The summed E-state index contributed by atoms with van der Waals surface area (Å²) in [4.78, 5) is 14.5. The summed E-state index contributed by atoms with van der Waals surface area (Å²) in [6, 6.07) is 3.39.